The molecule has 16 heavy (non-hydrogen) atoms. The molecule has 0 N–H and O–H groups in total. The highest BCUT2D eigenvalue weighted by molar-refractivity contribution is 5.91. The van der Waals surface area contributed by atoms with Crippen LogP contribution in [0.5, 0.6) is 0 Å². The molecule has 0 amide bonds. The number of fused-ring (bicyclic) bond motifs is 2. The topological polar surface area (TPSA) is 30.0 Å². The van der Waals surface area contributed by atoms with Crippen LogP contribution in [0.4, 0.5) is 0 Å². The minimum Gasteiger partial charge on any atom is -0.289 e. The molecule has 2 heteroatoms. The van der Waals surface area contributed by atoms with Gasteiger partial charge in [-0.15, -0.1) is 0 Å². The lowest BCUT2D eigenvalue weighted by atomic mass is 10.2. The fourth-order valence-electron chi connectivity index (χ4n) is 1.89. The minimum atomic E-state index is 0.0404. The molecule has 0 aliphatic rings. The maximum absolute atomic E-state index is 12.0. The number of hydrogen-bond donors (Lipinski definition) is 0. The SMILES string of the molecule is O=c1cc2cccnc2cc2ccccc12. The van der Waals surface area contributed by atoms with Crippen LogP contribution < -0.4 is 5.43 Å². The molecule has 0 bridgehead atoms. The monoisotopic (exact) mass is 207 g/mol. The summed E-state index contributed by atoms with van der Waals surface area (Å²) in [5, 5.41) is 2.55. The second kappa shape index (κ2) is 3.42. The molecule has 0 aliphatic carbocycles. The van der Waals surface area contributed by atoms with Gasteiger partial charge < -0.3 is 0 Å². The van der Waals surface area contributed by atoms with Gasteiger partial charge in [0.2, 0.25) is 0 Å². The molecule has 0 saturated heterocycles. The van der Waals surface area contributed by atoms with E-state index in [1.165, 1.54) is 0 Å². The fourth-order valence-corrected chi connectivity index (χ4v) is 1.89. The Morgan fingerprint density at radius 3 is 2.62 bits per heavy atom. The zero-order chi connectivity index (χ0) is 11.0. The minimum absolute atomic E-state index is 0.0404. The zero-order valence-electron chi connectivity index (χ0n) is 8.55. The molecule has 1 heterocycles. The standard InChI is InChI=1S/C14H9NO/c16-14-9-11-5-3-7-15-13(11)8-10-4-1-2-6-12(10)14/h1-9H. The van der Waals surface area contributed by atoms with Gasteiger partial charge >= 0.3 is 0 Å². The Hall–Kier alpha value is -2.22. The van der Waals surface area contributed by atoms with Gasteiger partial charge in [0, 0.05) is 17.0 Å². The van der Waals surface area contributed by atoms with E-state index in [0.717, 1.165) is 21.7 Å². The third-order valence-electron chi connectivity index (χ3n) is 2.68. The summed E-state index contributed by atoms with van der Waals surface area (Å²) >= 11 is 0. The zero-order valence-corrected chi connectivity index (χ0v) is 8.55. The average Bonchev–Trinajstić information content (AvgIpc) is 2.45. The van der Waals surface area contributed by atoms with Crippen molar-refractivity contribution in [2.75, 3.05) is 0 Å². The maximum atomic E-state index is 12.0. The first-order valence-electron chi connectivity index (χ1n) is 5.12. The molecule has 0 atom stereocenters. The molecular weight excluding hydrogens is 198 g/mol. The summed E-state index contributed by atoms with van der Waals surface area (Å²) in [6.07, 6.45) is 1.74. The smallest absolute Gasteiger partial charge is 0.187 e. The number of benzene rings is 1. The molecular formula is C14H9NO. The van der Waals surface area contributed by atoms with Gasteiger partial charge in [0.05, 0.1) is 5.52 Å². The van der Waals surface area contributed by atoms with Crippen molar-refractivity contribution in [3.8, 4) is 0 Å². The van der Waals surface area contributed by atoms with Crippen LogP contribution in [-0.2, 0) is 0 Å². The van der Waals surface area contributed by atoms with Crippen LogP contribution in [0.15, 0.2) is 59.5 Å². The van der Waals surface area contributed by atoms with Crippen LogP contribution in [0.2, 0.25) is 0 Å². The van der Waals surface area contributed by atoms with Crippen molar-refractivity contribution in [1.82, 2.24) is 4.98 Å². The largest absolute Gasteiger partial charge is 0.289 e. The Morgan fingerprint density at radius 1 is 0.875 bits per heavy atom. The number of aromatic nitrogens is 1. The summed E-state index contributed by atoms with van der Waals surface area (Å²) in [6, 6.07) is 14.9. The van der Waals surface area contributed by atoms with Crippen molar-refractivity contribution < 1.29 is 0 Å². The second-order valence-electron chi connectivity index (χ2n) is 3.72. The molecule has 1 aromatic heterocycles. The van der Waals surface area contributed by atoms with E-state index in [4.69, 9.17) is 0 Å². The van der Waals surface area contributed by atoms with Gasteiger partial charge in [0.25, 0.3) is 0 Å². The van der Waals surface area contributed by atoms with Crippen LogP contribution in [0.25, 0.3) is 21.7 Å². The van der Waals surface area contributed by atoms with E-state index in [0.29, 0.717) is 0 Å². The van der Waals surface area contributed by atoms with Crippen molar-refractivity contribution >= 4 is 21.7 Å². The molecule has 76 valence electrons. The van der Waals surface area contributed by atoms with Gasteiger partial charge in [-0.2, -0.15) is 0 Å². The fraction of sp³-hybridized carbons (Fsp3) is 0. The molecule has 0 unspecified atom stereocenters. The van der Waals surface area contributed by atoms with Gasteiger partial charge in [0.1, 0.15) is 0 Å². The Morgan fingerprint density at radius 2 is 1.69 bits per heavy atom. The van der Waals surface area contributed by atoms with E-state index in [2.05, 4.69) is 4.98 Å². The Balaban J connectivity index is 2.65. The summed E-state index contributed by atoms with van der Waals surface area (Å²) in [5.74, 6) is 0. The van der Waals surface area contributed by atoms with Crippen molar-refractivity contribution in [2.45, 2.75) is 0 Å². The van der Waals surface area contributed by atoms with E-state index in [9.17, 15) is 4.79 Å². The molecule has 0 saturated carbocycles. The summed E-state index contributed by atoms with van der Waals surface area (Å²) in [5.41, 5.74) is 0.888. The highest BCUT2D eigenvalue weighted by Gasteiger charge is 1.98. The van der Waals surface area contributed by atoms with Gasteiger partial charge in [-0.05, 0) is 23.6 Å². The third kappa shape index (κ3) is 1.36. The Kier molecular flexibility index (Phi) is 1.93. The average molecular weight is 207 g/mol. The Bertz CT molecular complexity index is 734. The lowest BCUT2D eigenvalue weighted by molar-refractivity contribution is 1.42. The summed E-state index contributed by atoms with van der Waals surface area (Å²) in [6.45, 7) is 0. The molecule has 2 aromatic carbocycles. The van der Waals surface area contributed by atoms with E-state index >= 15 is 0 Å². The van der Waals surface area contributed by atoms with Crippen molar-refractivity contribution in [3.05, 3.63) is 65.0 Å². The summed E-state index contributed by atoms with van der Waals surface area (Å²) in [7, 11) is 0. The number of hydrogen-bond acceptors (Lipinski definition) is 2. The summed E-state index contributed by atoms with van der Waals surface area (Å²) < 4.78 is 0. The van der Waals surface area contributed by atoms with E-state index < -0.39 is 0 Å². The van der Waals surface area contributed by atoms with Crippen molar-refractivity contribution in [3.63, 3.8) is 0 Å². The van der Waals surface area contributed by atoms with Crippen LogP contribution in [0.3, 0.4) is 0 Å². The lowest BCUT2D eigenvalue weighted by Crippen LogP contribution is -1.93. The second-order valence-corrected chi connectivity index (χ2v) is 3.72. The van der Waals surface area contributed by atoms with Crippen LogP contribution >= 0.6 is 0 Å². The van der Waals surface area contributed by atoms with Gasteiger partial charge in [-0.1, -0.05) is 30.3 Å². The van der Waals surface area contributed by atoms with Crippen LogP contribution in [-0.4, -0.2) is 4.98 Å². The first kappa shape index (κ1) is 9.04. The first-order valence-corrected chi connectivity index (χ1v) is 5.12. The molecule has 0 spiro atoms. The highest BCUT2D eigenvalue weighted by atomic mass is 16.1. The predicted molar refractivity (Wildman–Crippen MR) is 65.5 cm³/mol. The van der Waals surface area contributed by atoms with Crippen LogP contribution in [0.1, 0.15) is 0 Å². The van der Waals surface area contributed by atoms with E-state index in [1.807, 2.05) is 42.5 Å². The maximum Gasteiger partial charge on any atom is 0.187 e. The van der Waals surface area contributed by atoms with Crippen LogP contribution in [0, 0.1) is 0 Å². The first-order chi connectivity index (χ1) is 7.84. The summed E-state index contributed by atoms with van der Waals surface area (Å²) in [4.78, 5) is 16.2. The third-order valence-corrected chi connectivity index (χ3v) is 2.68. The molecule has 0 aliphatic heterocycles. The number of pyridine rings is 1. The molecule has 2 nitrogen and oxygen atoms in total. The highest BCUT2D eigenvalue weighted by Crippen LogP contribution is 2.14. The quantitative estimate of drug-likeness (QED) is 0.567. The molecule has 3 rings (SSSR count). The molecule has 0 radical (unpaired) electrons. The normalized spacial score (nSPS) is 10.8. The van der Waals surface area contributed by atoms with Crippen molar-refractivity contribution in [1.29, 1.82) is 0 Å². The predicted octanol–water partition coefficient (Wildman–Crippen LogP) is 2.75. The molecule has 3 aromatic rings. The van der Waals surface area contributed by atoms with Gasteiger partial charge in [-0.3, -0.25) is 9.78 Å². The lowest BCUT2D eigenvalue weighted by Gasteiger charge is -1.89. The van der Waals surface area contributed by atoms with E-state index in [-0.39, 0.29) is 5.43 Å². The number of nitrogens with zero attached hydrogens (tertiary/aromatic N) is 1. The molecule has 0 fully saturated rings. The van der Waals surface area contributed by atoms with Crippen molar-refractivity contribution in [2.24, 2.45) is 0 Å². The Labute approximate surface area is 92.2 Å². The van der Waals surface area contributed by atoms with Gasteiger partial charge in [-0.25, -0.2) is 0 Å². The van der Waals surface area contributed by atoms with E-state index in [1.54, 1.807) is 12.3 Å². The van der Waals surface area contributed by atoms with Gasteiger partial charge in [0.15, 0.2) is 5.43 Å². The number of rotatable bonds is 0.